The minimum absolute atomic E-state index is 0.0129. The van der Waals surface area contributed by atoms with Crippen LogP contribution in [-0.2, 0) is 0 Å². The zero-order valence-electron chi connectivity index (χ0n) is 10.0. The number of nitrogens with zero attached hydrogens (tertiary/aromatic N) is 4. The van der Waals surface area contributed by atoms with Crippen LogP contribution >= 0.6 is 31.9 Å². The van der Waals surface area contributed by atoms with Gasteiger partial charge in [0.05, 0.1) is 16.1 Å². The summed E-state index contributed by atoms with van der Waals surface area (Å²) in [6.45, 7) is 0. The molecule has 13 heavy (non-hydrogen) atoms. The number of halogens is 2. The van der Waals surface area contributed by atoms with Gasteiger partial charge in [0.15, 0.2) is 10.6 Å². The highest BCUT2D eigenvalue weighted by Gasteiger charge is 2.00. The molecule has 0 bridgehead atoms. The summed E-state index contributed by atoms with van der Waals surface area (Å²) in [5, 5.41) is 3.76. The third kappa shape index (κ3) is 1.94. The third-order valence-electron chi connectivity index (χ3n) is 1.17. The van der Waals surface area contributed by atoms with E-state index in [0.717, 1.165) is 4.68 Å². The Bertz CT molecular complexity index is 600. The molecule has 0 aliphatic rings. The van der Waals surface area contributed by atoms with Gasteiger partial charge in [-0.05, 0) is 31.9 Å². The molecule has 6 heteroatoms. The smallest absolute Gasteiger partial charge is 0.198 e. The van der Waals surface area contributed by atoms with Crippen LogP contribution in [0.25, 0.3) is 5.82 Å². The van der Waals surface area contributed by atoms with Crippen LogP contribution in [0.3, 0.4) is 0 Å². The first-order valence-electron chi connectivity index (χ1n) is 5.14. The van der Waals surface area contributed by atoms with Crippen molar-refractivity contribution in [2.75, 3.05) is 0 Å². The first-order chi connectivity index (χ1) is 7.91. The summed E-state index contributed by atoms with van der Waals surface area (Å²) < 4.78 is 31.6. The zero-order valence-corrected chi connectivity index (χ0v) is 9.22. The van der Waals surface area contributed by atoms with Crippen molar-refractivity contribution >= 4 is 31.9 Å². The molecule has 2 rings (SSSR count). The zero-order chi connectivity index (χ0) is 12.7. The second-order valence-electron chi connectivity index (χ2n) is 2.00. The van der Waals surface area contributed by atoms with Gasteiger partial charge >= 0.3 is 0 Å². The van der Waals surface area contributed by atoms with Crippen LogP contribution in [-0.4, -0.2) is 19.7 Å². The molecule has 0 fully saturated rings. The van der Waals surface area contributed by atoms with E-state index in [0.29, 0.717) is 0 Å². The van der Waals surface area contributed by atoms with Crippen LogP contribution in [0.2, 0.25) is 0 Å². The molecule has 0 radical (unpaired) electrons. The Hall–Kier alpha value is -0.750. The molecule has 4 nitrogen and oxygen atoms in total. The van der Waals surface area contributed by atoms with Gasteiger partial charge in [0.1, 0.15) is 0 Å². The van der Waals surface area contributed by atoms with E-state index in [2.05, 4.69) is 46.9 Å². The van der Waals surface area contributed by atoms with Crippen molar-refractivity contribution in [2.45, 2.75) is 0 Å². The number of hydrogen-bond donors (Lipinski definition) is 0. The minimum Gasteiger partial charge on any atom is -0.231 e. The van der Waals surface area contributed by atoms with Gasteiger partial charge in [0.25, 0.3) is 0 Å². The van der Waals surface area contributed by atoms with Gasteiger partial charge in [-0.25, -0.2) is 14.6 Å². The Morgan fingerprint density at radius 2 is 2.31 bits per heavy atom. The topological polar surface area (TPSA) is 43.6 Å². The van der Waals surface area contributed by atoms with Crippen LogP contribution in [0.15, 0.2) is 33.8 Å². The Labute approximate surface area is 96.9 Å². The molecule has 0 saturated carbocycles. The Kier molecular flexibility index (Phi) is 1.42. The van der Waals surface area contributed by atoms with Crippen LogP contribution in [0.1, 0.15) is 5.48 Å². The average Bonchev–Trinajstić information content (AvgIpc) is 2.51. The predicted octanol–water partition coefficient (Wildman–Crippen LogP) is 2.19. The van der Waals surface area contributed by atoms with E-state index in [4.69, 9.17) is 5.48 Å². The number of rotatable bonds is 1. The quantitative estimate of drug-likeness (QED) is 0.759. The highest BCUT2D eigenvalue weighted by molar-refractivity contribution is 9.10. The third-order valence-corrected chi connectivity index (χ3v) is 1.88. The molecule has 0 atom stereocenters. The summed E-state index contributed by atoms with van der Waals surface area (Å²) in [6, 6.07) is -0.253. The molecule has 0 aliphatic heterocycles. The number of aromatic nitrogens is 4. The highest BCUT2D eigenvalue weighted by Crippen LogP contribution is 2.11. The van der Waals surface area contributed by atoms with Crippen LogP contribution in [0.4, 0.5) is 0 Å². The predicted molar refractivity (Wildman–Crippen MR) is 54.6 cm³/mol. The van der Waals surface area contributed by atoms with E-state index in [-0.39, 0.29) is 39.6 Å². The normalized spacial score (nSPS) is 14.6. The minimum atomic E-state index is -0.278. The fourth-order valence-corrected chi connectivity index (χ4v) is 1.21. The van der Waals surface area contributed by atoms with Crippen molar-refractivity contribution in [3.63, 3.8) is 0 Å². The van der Waals surface area contributed by atoms with E-state index in [1.807, 2.05) is 0 Å². The maximum absolute atomic E-state index is 7.70. The summed E-state index contributed by atoms with van der Waals surface area (Å²) in [4.78, 5) is 7.54. The fraction of sp³-hybridized carbons (Fsp3) is 0. The SMILES string of the molecule is [2H]c1nc(Br)nc(-n2nc([2H])c(Br)c2[2H])c1[2H]. The molecule has 0 aromatic carbocycles. The molecule has 0 amide bonds. The lowest BCUT2D eigenvalue weighted by Gasteiger charge is -1.98. The summed E-state index contributed by atoms with van der Waals surface area (Å²) in [6.07, 6.45) is -0.511. The molecule has 0 aliphatic carbocycles. The molecule has 66 valence electrons. The number of hydrogen-bond acceptors (Lipinski definition) is 3. The van der Waals surface area contributed by atoms with E-state index in [1.165, 1.54) is 0 Å². The Balaban J connectivity index is 2.72. The van der Waals surface area contributed by atoms with Crippen molar-refractivity contribution in [1.29, 1.82) is 0 Å². The largest absolute Gasteiger partial charge is 0.231 e. The molecular formula is C7H4Br2N4. The molecule has 0 N–H and O–H groups in total. The van der Waals surface area contributed by atoms with Crippen molar-refractivity contribution in [2.24, 2.45) is 0 Å². The lowest BCUT2D eigenvalue weighted by atomic mass is 10.6. The van der Waals surface area contributed by atoms with Crippen molar-refractivity contribution in [3.05, 3.63) is 33.8 Å². The lowest BCUT2D eigenvalue weighted by molar-refractivity contribution is 0.833. The molecule has 0 saturated heterocycles. The monoisotopic (exact) mass is 306 g/mol. The van der Waals surface area contributed by atoms with Gasteiger partial charge < -0.3 is 0 Å². The second kappa shape index (κ2) is 3.55. The van der Waals surface area contributed by atoms with Crippen molar-refractivity contribution < 1.29 is 5.48 Å². The van der Waals surface area contributed by atoms with Gasteiger partial charge in [0, 0.05) is 18.4 Å². The molecule has 0 spiro atoms. The maximum atomic E-state index is 7.70. The van der Waals surface area contributed by atoms with Gasteiger partial charge in [-0.3, -0.25) is 0 Å². The second-order valence-corrected chi connectivity index (χ2v) is 3.50. The van der Waals surface area contributed by atoms with Gasteiger partial charge in [-0.1, -0.05) is 0 Å². The summed E-state index contributed by atoms with van der Waals surface area (Å²) in [5.41, 5.74) is 0. The fourth-order valence-electron chi connectivity index (χ4n) is 0.702. The standard InChI is InChI=1S/C7H4Br2N4/c8-5-3-11-13(4-5)6-1-2-10-7(9)12-6/h1-4H/i1D,2D,3D,4D. The van der Waals surface area contributed by atoms with Crippen molar-refractivity contribution in [3.8, 4) is 5.82 Å². The van der Waals surface area contributed by atoms with Crippen LogP contribution in [0.5, 0.6) is 0 Å². The molecular weight excluding hydrogens is 300 g/mol. The van der Waals surface area contributed by atoms with Gasteiger partial charge in [-0.2, -0.15) is 5.10 Å². The maximum Gasteiger partial charge on any atom is 0.198 e. The lowest BCUT2D eigenvalue weighted by Crippen LogP contribution is -1.98. The Morgan fingerprint density at radius 3 is 3.00 bits per heavy atom. The van der Waals surface area contributed by atoms with Crippen LogP contribution < -0.4 is 0 Å². The van der Waals surface area contributed by atoms with E-state index >= 15 is 0 Å². The van der Waals surface area contributed by atoms with Gasteiger partial charge in [-0.15, -0.1) is 0 Å². The molecule has 2 aromatic heterocycles. The van der Waals surface area contributed by atoms with Gasteiger partial charge in [0.2, 0.25) is 0 Å². The van der Waals surface area contributed by atoms with Crippen molar-refractivity contribution in [1.82, 2.24) is 19.7 Å². The van der Waals surface area contributed by atoms with Crippen LogP contribution in [0, 0.1) is 0 Å². The van der Waals surface area contributed by atoms with E-state index in [1.54, 1.807) is 0 Å². The average molecular weight is 308 g/mol. The summed E-state index contributed by atoms with van der Waals surface area (Å²) in [5.74, 6) is -0.0129. The molecule has 0 unspecified atom stereocenters. The van der Waals surface area contributed by atoms with E-state index in [9.17, 15) is 0 Å². The first kappa shape index (κ1) is 5.21. The molecule has 2 heterocycles. The van der Waals surface area contributed by atoms with E-state index < -0.39 is 0 Å². The summed E-state index contributed by atoms with van der Waals surface area (Å²) in [7, 11) is 0. The Morgan fingerprint density at radius 1 is 1.46 bits per heavy atom. The highest BCUT2D eigenvalue weighted by atomic mass is 79.9. The first-order valence-corrected chi connectivity index (χ1v) is 4.73. The summed E-state index contributed by atoms with van der Waals surface area (Å²) >= 11 is 6.05. The molecule has 2 aromatic rings.